The minimum absolute atomic E-state index is 0.672. The second kappa shape index (κ2) is 8.12. The molecular formula is C14H23NO12. The fraction of sp³-hybridized carbons (Fsp3) is 0.786. The summed E-state index contributed by atoms with van der Waals surface area (Å²) in [5.41, 5.74) is 2.24. The molecule has 3 unspecified atom stereocenters. The number of aliphatic carboxylic acids is 1. The van der Waals surface area contributed by atoms with Crippen molar-refractivity contribution in [3.8, 4) is 0 Å². The normalized spacial score (nSPS) is 37.1. The summed E-state index contributed by atoms with van der Waals surface area (Å²) in [6.45, 7) is 0.668. The Labute approximate surface area is 152 Å². The molecule has 8 atom stereocenters. The van der Waals surface area contributed by atoms with Crippen molar-refractivity contribution in [3.63, 3.8) is 0 Å². The lowest BCUT2D eigenvalue weighted by molar-refractivity contribution is -0.355. The van der Waals surface area contributed by atoms with E-state index in [9.17, 15) is 45.0 Å². The van der Waals surface area contributed by atoms with Crippen LogP contribution in [0.5, 0.6) is 0 Å². The van der Waals surface area contributed by atoms with Crippen molar-refractivity contribution < 1.29 is 59.6 Å². The van der Waals surface area contributed by atoms with Gasteiger partial charge in [0.05, 0.1) is 12.6 Å². The molecule has 0 saturated carbocycles. The van der Waals surface area contributed by atoms with Gasteiger partial charge in [0.25, 0.3) is 0 Å². The fourth-order valence-electron chi connectivity index (χ4n) is 2.66. The second-order valence-corrected chi connectivity index (χ2v) is 6.20. The van der Waals surface area contributed by atoms with Gasteiger partial charge in [-0.25, -0.2) is 9.59 Å². The summed E-state index contributed by atoms with van der Waals surface area (Å²) >= 11 is 0. The Bertz CT molecular complexity index is 597. The van der Waals surface area contributed by atoms with Crippen LogP contribution in [0.4, 0.5) is 0 Å². The summed E-state index contributed by atoms with van der Waals surface area (Å²) in [6.07, 6.45) is -9.99. The number of ether oxygens (including phenoxy) is 2. The zero-order valence-corrected chi connectivity index (χ0v) is 14.4. The molecule has 1 saturated heterocycles. The van der Waals surface area contributed by atoms with E-state index in [2.05, 4.69) is 4.74 Å². The number of hydrogen-bond acceptors (Lipinski definition) is 12. The van der Waals surface area contributed by atoms with Crippen LogP contribution in [0.25, 0.3) is 0 Å². The summed E-state index contributed by atoms with van der Waals surface area (Å²) in [6, 6.07) is -1.85. The molecule has 9 N–H and O–H groups in total. The zero-order chi connectivity index (χ0) is 21.3. The zero-order valence-electron chi connectivity index (χ0n) is 14.4. The van der Waals surface area contributed by atoms with Gasteiger partial charge in [-0.05, 0) is 13.8 Å². The summed E-state index contributed by atoms with van der Waals surface area (Å²) in [5.74, 6) is -8.63. The van der Waals surface area contributed by atoms with E-state index in [4.69, 9.17) is 15.6 Å². The molecule has 13 heteroatoms. The highest BCUT2D eigenvalue weighted by Crippen LogP contribution is 2.38. The van der Waals surface area contributed by atoms with E-state index in [1.54, 1.807) is 0 Å². The van der Waals surface area contributed by atoms with Crippen molar-refractivity contribution in [2.45, 2.75) is 61.8 Å². The number of carboxylic acids is 1. The third-order valence-corrected chi connectivity index (χ3v) is 4.33. The third kappa shape index (κ3) is 3.81. The number of ketones is 1. The Kier molecular flexibility index (Phi) is 7.01. The summed E-state index contributed by atoms with van der Waals surface area (Å²) in [5, 5.41) is 68.6. The quantitative estimate of drug-likeness (QED) is 0.188. The maximum absolute atomic E-state index is 11.7. The SMILES string of the molecule is CC(=O)C1(O)[C@H](O)[C@@H](N)[C@H]([C@H](O)[C@@H](CO)OC(=O)C(C)O)OC1(O)C(=O)O. The number of esters is 1. The van der Waals surface area contributed by atoms with Crippen LogP contribution in [-0.4, -0.2) is 108 Å². The molecule has 1 aliphatic heterocycles. The van der Waals surface area contributed by atoms with E-state index < -0.39 is 72.3 Å². The van der Waals surface area contributed by atoms with E-state index in [0.29, 0.717) is 6.92 Å². The number of carboxylic acid groups (broad SMARTS) is 1. The number of carbonyl (C=O) groups is 3. The van der Waals surface area contributed by atoms with E-state index in [0.717, 1.165) is 6.92 Å². The highest BCUT2D eigenvalue weighted by molar-refractivity contribution is 5.94. The molecule has 1 aliphatic rings. The van der Waals surface area contributed by atoms with Gasteiger partial charge in [-0.1, -0.05) is 0 Å². The van der Waals surface area contributed by atoms with Crippen LogP contribution in [0, 0.1) is 0 Å². The molecule has 13 nitrogen and oxygen atoms in total. The van der Waals surface area contributed by atoms with Crippen molar-refractivity contribution >= 4 is 17.7 Å². The molecule has 0 aromatic carbocycles. The van der Waals surface area contributed by atoms with Gasteiger partial charge < -0.3 is 51.0 Å². The number of aliphatic hydroxyl groups is 6. The van der Waals surface area contributed by atoms with Gasteiger partial charge in [-0.3, -0.25) is 4.79 Å². The van der Waals surface area contributed by atoms with E-state index >= 15 is 0 Å². The second-order valence-electron chi connectivity index (χ2n) is 6.20. The minimum Gasteiger partial charge on any atom is -0.477 e. The van der Waals surface area contributed by atoms with Crippen LogP contribution in [-0.2, 0) is 23.9 Å². The maximum atomic E-state index is 11.7. The van der Waals surface area contributed by atoms with Gasteiger partial charge >= 0.3 is 17.7 Å². The van der Waals surface area contributed by atoms with Crippen LogP contribution in [0.2, 0.25) is 0 Å². The van der Waals surface area contributed by atoms with Crippen molar-refractivity contribution in [1.82, 2.24) is 0 Å². The highest BCUT2D eigenvalue weighted by atomic mass is 16.7. The summed E-state index contributed by atoms with van der Waals surface area (Å²) < 4.78 is 9.39. The topological polar surface area (TPSA) is 237 Å². The molecule has 0 spiro atoms. The Hall–Kier alpha value is -1.71. The molecule has 1 fully saturated rings. The van der Waals surface area contributed by atoms with Gasteiger partial charge in [0, 0.05) is 0 Å². The summed E-state index contributed by atoms with van der Waals surface area (Å²) in [7, 11) is 0. The number of Topliss-reactive ketones (excluding diaryl/α,β-unsaturated/α-hetero) is 1. The lowest BCUT2D eigenvalue weighted by Gasteiger charge is -2.51. The number of rotatable bonds is 7. The molecule has 0 aromatic rings. The first-order valence-electron chi connectivity index (χ1n) is 7.73. The van der Waals surface area contributed by atoms with Crippen LogP contribution >= 0.6 is 0 Å². The maximum Gasteiger partial charge on any atom is 0.368 e. The van der Waals surface area contributed by atoms with Crippen molar-refractivity contribution in [1.29, 1.82) is 0 Å². The molecule has 0 aliphatic carbocycles. The first-order valence-corrected chi connectivity index (χ1v) is 7.73. The predicted molar refractivity (Wildman–Crippen MR) is 81.7 cm³/mol. The molecule has 0 aromatic heterocycles. The first kappa shape index (κ1) is 23.3. The minimum atomic E-state index is -3.71. The Balaban J connectivity index is 3.28. The molecule has 0 radical (unpaired) electrons. The standard InChI is InChI=1S/C14H23NO12/c1-4(17)11(21)26-6(3-16)8(19)9-7(15)10(20)13(24,5(2)18)14(25,27-9)12(22)23/h4,6-10,16-17,19-20,24-25H,3,15H2,1-2H3,(H,22,23)/t4?,6-,7+,8-,9-,10-,13?,14?/m1/s1. The first-order chi connectivity index (χ1) is 12.2. The smallest absolute Gasteiger partial charge is 0.368 e. The van der Waals surface area contributed by atoms with E-state index in [-0.39, 0.29) is 0 Å². The van der Waals surface area contributed by atoms with Crippen LogP contribution in [0.3, 0.4) is 0 Å². The third-order valence-electron chi connectivity index (χ3n) is 4.33. The van der Waals surface area contributed by atoms with Gasteiger partial charge in [-0.15, -0.1) is 0 Å². The predicted octanol–water partition coefficient (Wildman–Crippen LogP) is -5.19. The molecule has 156 valence electrons. The number of aliphatic hydroxyl groups excluding tert-OH is 4. The Morgan fingerprint density at radius 2 is 1.78 bits per heavy atom. The average Bonchev–Trinajstić information content (AvgIpc) is 2.59. The van der Waals surface area contributed by atoms with Crippen LogP contribution in [0.1, 0.15) is 13.8 Å². The fourth-order valence-corrected chi connectivity index (χ4v) is 2.66. The number of nitrogens with two attached hydrogens (primary N) is 1. The van der Waals surface area contributed by atoms with Crippen molar-refractivity contribution in [2.24, 2.45) is 5.73 Å². The van der Waals surface area contributed by atoms with E-state index in [1.807, 2.05) is 0 Å². The van der Waals surface area contributed by atoms with Gasteiger partial charge in [-0.2, -0.15) is 0 Å². The molecule has 0 amide bonds. The van der Waals surface area contributed by atoms with Crippen molar-refractivity contribution in [3.05, 3.63) is 0 Å². The highest BCUT2D eigenvalue weighted by Gasteiger charge is 2.71. The van der Waals surface area contributed by atoms with Gasteiger partial charge in [0.1, 0.15) is 24.4 Å². The van der Waals surface area contributed by atoms with Crippen LogP contribution < -0.4 is 5.73 Å². The number of hydrogen-bond donors (Lipinski definition) is 8. The summed E-state index contributed by atoms with van der Waals surface area (Å²) in [4.78, 5) is 34.6. The lowest BCUT2D eigenvalue weighted by Crippen LogP contribution is -2.80. The van der Waals surface area contributed by atoms with Gasteiger partial charge in [0.2, 0.25) is 5.60 Å². The monoisotopic (exact) mass is 397 g/mol. The van der Waals surface area contributed by atoms with Crippen LogP contribution in [0.15, 0.2) is 0 Å². The molecule has 1 heterocycles. The Morgan fingerprint density at radius 1 is 1.26 bits per heavy atom. The number of carbonyl (C=O) groups excluding carboxylic acids is 2. The molecular weight excluding hydrogens is 374 g/mol. The largest absolute Gasteiger partial charge is 0.477 e. The molecule has 27 heavy (non-hydrogen) atoms. The van der Waals surface area contributed by atoms with E-state index in [1.165, 1.54) is 0 Å². The Morgan fingerprint density at radius 3 is 2.15 bits per heavy atom. The van der Waals surface area contributed by atoms with Crippen molar-refractivity contribution in [2.75, 3.05) is 6.61 Å². The molecule has 1 rings (SSSR count). The molecule has 0 bridgehead atoms. The van der Waals surface area contributed by atoms with Gasteiger partial charge in [0.15, 0.2) is 11.9 Å². The lowest BCUT2D eigenvalue weighted by atomic mass is 9.75. The average molecular weight is 397 g/mol.